The first-order valence-corrected chi connectivity index (χ1v) is 7.84. The molecule has 0 aliphatic carbocycles. The van der Waals surface area contributed by atoms with E-state index in [0.717, 1.165) is 32.5 Å². The third kappa shape index (κ3) is 2.50. The number of H-pyrrole nitrogens is 1. The second-order valence-electron chi connectivity index (χ2n) is 4.70. The van der Waals surface area contributed by atoms with Crippen LogP contribution in [0.1, 0.15) is 5.56 Å². The van der Waals surface area contributed by atoms with E-state index in [-0.39, 0.29) is 0 Å². The van der Waals surface area contributed by atoms with Crippen molar-refractivity contribution in [1.29, 1.82) is 0 Å². The maximum atomic E-state index is 6.26. The van der Waals surface area contributed by atoms with E-state index >= 15 is 0 Å². The fourth-order valence-corrected chi connectivity index (χ4v) is 3.36. The van der Waals surface area contributed by atoms with E-state index in [1.54, 1.807) is 7.11 Å². The number of imidazole rings is 1. The summed E-state index contributed by atoms with van der Waals surface area (Å²) in [5, 5.41) is 0.706. The Morgan fingerprint density at radius 1 is 1.29 bits per heavy atom. The summed E-state index contributed by atoms with van der Waals surface area (Å²) in [6, 6.07) is 9.70. The summed E-state index contributed by atoms with van der Waals surface area (Å²) >= 11 is 15.3. The van der Waals surface area contributed by atoms with Crippen LogP contribution in [0.4, 0.5) is 0 Å². The Hall–Kier alpha value is -1.30. The quantitative estimate of drug-likeness (QED) is 0.599. The fourth-order valence-electron chi connectivity index (χ4n) is 2.26. The summed E-state index contributed by atoms with van der Waals surface area (Å²) in [5.74, 6) is 0.784. The maximum Gasteiger partial charge on any atom is 0.182 e. The number of nitrogens with zero attached hydrogens (tertiary/aromatic N) is 1. The molecule has 0 spiro atoms. The standard InChI is InChI=1S/C15H12BrClN2OS/c1-8-5-10(16)14(7-11(8)17)19-13-4-3-9(20-2)6-12(13)18-15(19)21/h3-7H,1-2H3,(H,18,21). The Bertz CT molecular complexity index is 901. The van der Waals surface area contributed by atoms with Crippen molar-refractivity contribution in [3.63, 3.8) is 0 Å². The highest BCUT2D eigenvalue weighted by Gasteiger charge is 2.12. The van der Waals surface area contributed by atoms with Gasteiger partial charge in [0.1, 0.15) is 5.75 Å². The molecule has 1 N–H and O–H groups in total. The number of nitrogens with one attached hydrogen (secondary N) is 1. The zero-order valence-corrected chi connectivity index (χ0v) is 14.6. The third-order valence-corrected chi connectivity index (χ3v) is 4.69. The topological polar surface area (TPSA) is 29.9 Å². The first-order valence-electron chi connectivity index (χ1n) is 6.26. The lowest BCUT2D eigenvalue weighted by Crippen LogP contribution is -1.96. The number of aromatic nitrogens is 2. The predicted octanol–water partition coefficient (Wildman–Crippen LogP) is 5.42. The molecule has 108 valence electrons. The minimum Gasteiger partial charge on any atom is -0.497 e. The summed E-state index contributed by atoms with van der Waals surface area (Å²) in [4.78, 5) is 3.20. The normalized spacial score (nSPS) is 11.0. The van der Waals surface area contributed by atoms with Crippen molar-refractivity contribution in [2.45, 2.75) is 6.92 Å². The molecule has 0 aliphatic heterocycles. The van der Waals surface area contributed by atoms with Crippen molar-refractivity contribution in [2.24, 2.45) is 0 Å². The number of fused-ring (bicyclic) bond motifs is 1. The van der Waals surface area contributed by atoms with E-state index in [4.69, 9.17) is 28.6 Å². The van der Waals surface area contributed by atoms with E-state index in [1.807, 2.05) is 41.8 Å². The van der Waals surface area contributed by atoms with Gasteiger partial charge in [-0.05, 0) is 64.9 Å². The lowest BCUT2D eigenvalue weighted by atomic mass is 10.2. The van der Waals surface area contributed by atoms with Gasteiger partial charge in [-0.3, -0.25) is 4.57 Å². The van der Waals surface area contributed by atoms with Gasteiger partial charge in [-0.1, -0.05) is 11.6 Å². The Morgan fingerprint density at radius 2 is 2.05 bits per heavy atom. The summed E-state index contributed by atoms with van der Waals surface area (Å²) in [6.07, 6.45) is 0. The third-order valence-electron chi connectivity index (χ3n) is 3.36. The molecule has 0 aliphatic rings. The number of hydrogen-bond acceptors (Lipinski definition) is 2. The summed E-state index contributed by atoms with van der Waals surface area (Å²) in [5.41, 5.74) is 3.82. The van der Waals surface area contributed by atoms with E-state index in [9.17, 15) is 0 Å². The Kier molecular flexibility index (Phi) is 3.82. The molecule has 0 atom stereocenters. The monoisotopic (exact) mass is 382 g/mol. The molecule has 0 radical (unpaired) electrons. The molecule has 0 amide bonds. The predicted molar refractivity (Wildman–Crippen MR) is 92.5 cm³/mol. The second kappa shape index (κ2) is 5.48. The molecule has 0 fully saturated rings. The smallest absolute Gasteiger partial charge is 0.182 e. The molecular weight excluding hydrogens is 372 g/mol. The van der Waals surface area contributed by atoms with Crippen molar-refractivity contribution >= 4 is 50.8 Å². The highest BCUT2D eigenvalue weighted by Crippen LogP contribution is 2.31. The Balaban J connectivity index is 2.33. The number of ether oxygens (including phenoxy) is 1. The van der Waals surface area contributed by atoms with Gasteiger partial charge in [-0.15, -0.1) is 0 Å². The lowest BCUT2D eigenvalue weighted by Gasteiger charge is -2.10. The maximum absolute atomic E-state index is 6.26. The van der Waals surface area contributed by atoms with Gasteiger partial charge in [0, 0.05) is 15.6 Å². The van der Waals surface area contributed by atoms with Gasteiger partial charge in [0.2, 0.25) is 0 Å². The molecule has 21 heavy (non-hydrogen) atoms. The van der Waals surface area contributed by atoms with Gasteiger partial charge < -0.3 is 9.72 Å². The van der Waals surface area contributed by atoms with Crippen molar-refractivity contribution in [1.82, 2.24) is 9.55 Å². The first kappa shape index (κ1) is 14.6. The van der Waals surface area contributed by atoms with Gasteiger partial charge in [0.15, 0.2) is 4.77 Å². The van der Waals surface area contributed by atoms with Crippen LogP contribution in [0.3, 0.4) is 0 Å². The van der Waals surface area contributed by atoms with Crippen LogP contribution in [0.15, 0.2) is 34.8 Å². The molecule has 2 aromatic carbocycles. The number of rotatable bonds is 2. The van der Waals surface area contributed by atoms with Gasteiger partial charge in [-0.2, -0.15) is 0 Å². The summed E-state index contributed by atoms with van der Waals surface area (Å²) < 4.78 is 8.75. The molecule has 1 aromatic heterocycles. The molecule has 0 bridgehead atoms. The molecule has 3 rings (SSSR count). The highest BCUT2D eigenvalue weighted by molar-refractivity contribution is 9.10. The average Bonchev–Trinajstić information content (AvgIpc) is 2.77. The first-order chi connectivity index (χ1) is 10.0. The Labute approximate surface area is 140 Å². The zero-order valence-electron chi connectivity index (χ0n) is 11.4. The number of hydrogen-bond donors (Lipinski definition) is 1. The van der Waals surface area contributed by atoms with E-state index in [2.05, 4.69) is 20.9 Å². The summed E-state index contributed by atoms with van der Waals surface area (Å²) in [7, 11) is 1.64. The molecule has 1 heterocycles. The number of benzene rings is 2. The van der Waals surface area contributed by atoms with Gasteiger partial charge >= 0.3 is 0 Å². The highest BCUT2D eigenvalue weighted by atomic mass is 79.9. The number of methoxy groups -OCH3 is 1. The fraction of sp³-hybridized carbons (Fsp3) is 0.133. The molecular formula is C15H12BrClN2OS. The molecule has 0 unspecified atom stereocenters. The van der Waals surface area contributed by atoms with Crippen LogP contribution >= 0.6 is 39.7 Å². The SMILES string of the molecule is COc1ccc2c(c1)[nH]c(=S)n2-c1cc(Cl)c(C)cc1Br. The zero-order chi connectivity index (χ0) is 15.1. The van der Waals surface area contributed by atoms with Crippen LogP contribution < -0.4 is 4.74 Å². The number of halogens is 2. The van der Waals surface area contributed by atoms with Gasteiger partial charge in [-0.25, -0.2) is 0 Å². The van der Waals surface area contributed by atoms with Gasteiger partial charge in [0.25, 0.3) is 0 Å². The largest absolute Gasteiger partial charge is 0.497 e. The molecule has 6 heteroatoms. The van der Waals surface area contributed by atoms with Crippen molar-refractivity contribution < 1.29 is 4.74 Å². The van der Waals surface area contributed by atoms with E-state index in [1.165, 1.54) is 0 Å². The van der Waals surface area contributed by atoms with E-state index < -0.39 is 0 Å². The molecule has 3 nitrogen and oxygen atoms in total. The van der Waals surface area contributed by atoms with Crippen LogP contribution in [0.2, 0.25) is 5.02 Å². The van der Waals surface area contributed by atoms with Crippen LogP contribution in [0.5, 0.6) is 5.75 Å². The minimum atomic E-state index is 0.610. The van der Waals surface area contributed by atoms with Crippen molar-refractivity contribution in [2.75, 3.05) is 7.11 Å². The van der Waals surface area contributed by atoms with Crippen LogP contribution in [0, 0.1) is 11.7 Å². The molecule has 0 saturated heterocycles. The molecule has 3 aromatic rings. The van der Waals surface area contributed by atoms with Crippen molar-refractivity contribution in [3.8, 4) is 11.4 Å². The van der Waals surface area contributed by atoms with Crippen LogP contribution in [0.25, 0.3) is 16.7 Å². The van der Waals surface area contributed by atoms with Gasteiger partial charge in [0.05, 0.1) is 23.8 Å². The van der Waals surface area contributed by atoms with Crippen LogP contribution in [-0.2, 0) is 0 Å². The van der Waals surface area contributed by atoms with Crippen LogP contribution in [-0.4, -0.2) is 16.7 Å². The Morgan fingerprint density at radius 3 is 2.76 bits per heavy atom. The molecule has 0 saturated carbocycles. The number of aromatic amines is 1. The lowest BCUT2D eigenvalue weighted by molar-refractivity contribution is 0.415. The minimum absolute atomic E-state index is 0.610. The average molecular weight is 384 g/mol. The number of aryl methyl sites for hydroxylation is 1. The van der Waals surface area contributed by atoms with E-state index in [0.29, 0.717) is 9.79 Å². The van der Waals surface area contributed by atoms with Crippen molar-refractivity contribution in [3.05, 3.63) is 50.2 Å². The summed E-state index contributed by atoms with van der Waals surface area (Å²) in [6.45, 7) is 1.97. The second-order valence-corrected chi connectivity index (χ2v) is 6.35.